The average Bonchev–Trinajstić information content (AvgIpc) is 3.07. The van der Waals surface area contributed by atoms with Gasteiger partial charge in [0.05, 0.1) is 22.7 Å². The van der Waals surface area contributed by atoms with E-state index in [1.54, 1.807) is 0 Å². The van der Waals surface area contributed by atoms with Crippen molar-refractivity contribution < 1.29 is 4.79 Å². The molecule has 1 amide bonds. The maximum atomic E-state index is 13.0. The molecule has 0 radical (unpaired) electrons. The monoisotopic (exact) mass is 468 g/mol. The molecule has 4 rings (SSSR count). The molecule has 0 bridgehead atoms. The van der Waals surface area contributed by atoms with Gasteiger partial charge in [-0.1, -0.05) is 32.0 Å². The van der Waals surface area contributed by atoms with Crippen LogP contribution in [0.4, 0.5) is 5.82 Å². The van der Waals surface area contributed by atoms with Crippen LogP contribution in [0, 0.1) is 11.3 Å². The Hall–Kier alpha value is -2.67. The molecule has 1 aliphatic heterocycles. The van der Waals surface area contributed by atoms with E-state index in [2.05, 4.69) is 23.8 Å². The van der Waals surface area contributed by atoms with Crippen molar-refractivity contribution in [2.24, 2.45) is 11.3 Å². The number of fused-ring (bicyclic) bond motifs is 1. The summed E-state index contributed by atoms with van der Waals surface area (Å²) in [6, 6.07) is 10.1. The van der Waals surface area contributed by atoms with Gasteiger partial charge in [0, 0.05) is 38.5 Å². The first-order valence-electron chi connectivity index (χ1n) is 11.7. The number of benzene rings is 1. The lowest BCUT2D eigenvalue weighted by Gasteiger charge is -2.30. The third-order valence-corrected chi connectivity index (χ3v) is 6.71. The molecule has 1 aromatic carbocycles. The van der Waals surface area contributed by atoms with E-state index in [4.69, 9.17) is 21.6 Å². The zero-order chi connectivity index (χ0) is 23.6. The Morgan fingerprint density at radius 1 is 1.09 bits per heavy atom. The highest BCUT2D eigenvalue weighted by Crippen LogP contribution is 2.28. The van der Waals surface area contributed by atoms with E-state index in [1.165, 1.54) is 0 Å². The maximum Gasteiger partial charge on any atom is 0.229 e. The van der Waals surface area contributed by atoms with Crippen molar-refractivity contribution in [3.63, 3.8) is 0 Å². The summed E-state index contributed by atoms with van der Waals surface area (Å²) in [6.07, 6.45) is 3.54. The fourth-order valence-corrected chi connectivity index (χ4v) is 4.32. The number of alkyl halides is 1. The van der Waals surface area contributed by atoms with Gasteiger partial charge in [-0.15, -0.1) is 11.6 Å². The standard InChI is InChI=1S/C25H33ClN6O/c1-18(2)15-21-28-22(20-16-27-32(23(20)29-21)19-9-6-5-7-10-19)30-11-8-12-31(14-13-30)24(33)25(3,4)17-26/h5-7,9-10,16,18H,8,11-15,17H2,1-4H3. The number of carbonyl (C=O) groups is 1. The topological polar surface area (TPSA) is 67.2 Å². The molecule has 8 heteroatoms. The lowest BCUT2D eigenvalue weighted by atomic mass is 9.94. The number of anilines is 1. The minimum absolute atomic E-state index is 0.115. The molecular weight excluding hydrogens is 436 g/mol. The van der Waals surface area contributed by atoms with E-state index < -0.39 is 5.41 Å². The second kappa shape index (κ2) is 9.67. The highest BCUT2D eigenvalue weighted by atomic mass is 35.5. The normalized spacial score (nSPS) is 15.3. The number of halogens is 1. The van der Waals surface area contributed by atoms with Crippen LogP contribution in [0.25, 0.3) is 16.7 Å². The van der Waals surface area contributed by atoms with Gasteiger partial charge in [0.15, 0.2) is 5.65 Å². The quantitative estimate of drug-likeness (QED) is 0.504. The van der Waals surface area contributed by atoms with Gasteiger partial charge in [0.1, 0.15) is 11.6 Å². The van der Waals surface area contributed by atoms with Crippen LogP contribution in [0.15, 0.2) is 36.5 Å². The maximum absolute atomic E-state index is 13.0. The van der Waals surface area contributed by atoms with Crippen molar-refractivity contribution in [2.45, 2.75) is 40.5 Å². The number of aromatic nitrogens is 4. The summed E-state index contributed by atoms with van der Waals surface area (Å²) in [4.78, 5) is 27.1. The van der Waals surface area contributed by atoms with Crippen molar-refractivity contribution in [3.8, 4) is 5.69 Å². The van der Waals surface area contributed by atoms with E-state index in [0.29, 0.717) is 24.9 Å². The second-order valence-corrected chi connectivity index (χ2v) is 10.1. The molecule has 1 aliphatic rings. The van der Waals surface area contributed by atoms with Crippen molar-refractivity contribution in [1.82, 2.24) is 24.6 Å². The predicted octanol–water partition coefficient (Wildman–Crippen LogP) is 4.32. The molecule has 0 unspecified atom stereocenters. The van der Waals surface area contributed by atoms with Gasteiger partial charge in [-0.3, -0.25) is 4.79 Å². The lowest BCUT2D eigenvalue weighted by Crippen LogP contribution is -2.43. The average molecular weight is 469 g/mol. The third-order valence-electron chi connectivity index (χ3n) is 6.04. The largest absolute Gasteiger partial charge is 0.354 e. The molecule has 0 atom stereocenters. The van der Waals surface area contributed by atoms with Gasteiger partial charge >= 0.3 is 0 Å². The molecule has 1 fully saturated rings. The number of carbonyl (C=O) groups excluding carboxylic acids is 1. The summed E-state index contributed by atoms with van der Waals surface area (Å²) < 4.78 is 1.89. The van der Waals surface area contributed by atoms with Gasteiger partial charge in [0.25, 0.3) is 0 Å². The smallest absolute Gasteiger partial charge is 0.229 e. The number of hydrogen-bond acceptors (Lipinski definition) is 5. The van der Waals surface area contributed by atoms with Gasteiger partial charge in [-0.25, -0.2) is 14.6 Å². The Balaban J connectivity index is 1.69. The zero-order valence-corrected chi connectivity index (χ0v) is 20.7. The number of nitrogens with zero attached hydrogens (tertiary/aromatic N) is 6. The van der Waals surface area contributed by atoms with Crippen molar-refractivity contribution in [3.05, 3.63) is 42.4 Å². The highest BCUT2D eigenvalue weighted by molar-refractivity contribution is 6.19. The predicted molar refractivity (Wildman–Crippen MR) is 133 cm³/mol. The van der Waals surface area contributed by atoms with Crippen molar-refractivity contribution in [1.29, 1.82) is 0 Å². The van der Waals surface area contributed by atoms with Gasteiger partial charge < -0.3 is 9.80 Å². The van der Waals surface area contributed by atoms with Crippen molar-refractivity contribution in [2.75, 3.05) is 37.0 Å². The van der Waals surface area contributed by atoms with Crippen LogP contribution in [0.2, 0.25) is 0 Å². The molecule has 176 valence electrons. The second-order valence-electron chi connectivity index (χ2n) is 9.84. The van der Waals surface area contributed by atoms with E-state index in [0.717, 1.165) is 54.3 Å². The molecule has 7 nitrogen and oxygen atoms in total. The molecule has 0 spiro atoms. The van der Waals surface area contributed by atoms with Crippen LogP contribution >= 0.6 is 11.6 Å². The molecule has 1 saturated heterocycles. The SMILES string of the molecule is CC(C)Cc1nc(N2CCCN(C(=O)C(C)(C)CCl)CC2)c2cnn(-c3ccccc3)c2n1. The summed E-state index contributed by atoms with van der Waals surface area (Å²) in [5, 5.41) is 5.60. The highest BCUT2D eigenvalue weighted by Gasteiger charge is 2.32. The minimum Gasteiger partial charge on any atom is -0.354 e. The van der Waals surface area contributed by atoms with E-state index >= 15 is 0 Å². The fourth-order valence-electron chi connectivity index (χ4n) is 4.21. The number of rotatable bonds is 6. The van der Waals surface area contributed by atoms with Crippen LogP contribution in [0.3, 0.4) is 0 Å². The summed E-state index contributed by atoms with van der Waals surface area (Å²) >= 11 is 6.07. The first-order chi connectivity index (χ1) is 15.8. The fraction of sp³-hybridized carbons (Fsp3) is 0.520. The van der Waals surface area contributed by atoms with Gasteiger partial charge in [0.2, 0.25) is 5.91 Å². The van der Waals surface area contributed by atoms with E-state index in [1.807, 2.05) is 60.0 Å². The van der Waals surface area contributed by atoms with Crippen LogP contribution in [0.1, 0.15) is 39.9 Å². The number of para-hydroxylation sites is 1. The molecular formula is C25H33ClN6O. The Morgan fingerprint density at radius 3 is 2.55 bits per heavy atom. The van der Waals surface area contributed by atoms with Crippen LogP contribution in [-0.2, 0) is 11.2 Å². The lowest BCUT2D eigenvalue weighted by molar-refractivity contribution is -0.139. The summed E-state index contributed by atoms with van der Waals surface area (Å²) in [5.74, 6) is 2.60. The summed E-state index contributed by atoms with van der Waals surface area (Å²) in [5.41, 5.74) is 1.24. The van der Waals surface area contributed by atoms with Crippen molar-refractivity contribution >= 4 is 34.4 Å². The Kier molecular flexibility index (Phi) is 6.88. The third kappa shape index (κ3) is 4.98. The van der Waals surface area contributed by atoms with Crippen LogP contribution in [-0.4, -0.2) is 62.6 Å². The van der Waals surface area contributed by atoms with Gasteiger partial charge in [-0.2, -0.15) is 5.10 Å². The Morgan fingerprint density at radius 2 is 1.85 bits per heavy atom. The molecule has 3 heterocycles. The first kappa shape index (κ1) is 23.5. The first-order valence-corrected chi connectivity index (χ1v) is 12.2. The minimum atomic E-state index is -0.555. The summed E-state index contributed by atoms with van der Waals surface area (Å²) in [6.45, 7) is 11.1. The molecule has 0 N–H and O–H groups in total. The molecule has 3 aromatic rings. The summed E-state index contributed by atoms with van der Waals surface area (Å²) in [7, 11) is 0. The van der Waals surface area contributed by atoms with Crippen LogP contribution in [0.5, 0.6) is 0 Å². The zero-order valence-electron chi connectivity index (χ0n) is 20.0. The number of amides is 1. The molecule has 33 heavy (non-hydrogen) atoms. The molecule has 2 aromatic heterocycles. The van der Waals surface area contributed by atoms with Crippen LogP contribution < -0.4 is 4.90 Å². The Bertz CT molecular complexity index is 1110. The van der Waals surface area contributed by atoms with Gasteiger partial charge in [-0.05, 0) is 38.3 Å². The Labute approximate surface area is 200 Å². The molecule has 0 aliphatic carbocycles. The van der Waals surface area contributed by atoms with E-state index in [-0.39, 0.29) is 5.91 Å². The number of hydrogen-bond donors (Lipinski definition) is 0. The van der Waals surface area contributed by atoms with E-state index in [9.17, 15) is 4.79 Å². The molecule has 0 saturated carbocycles.